The highest BCUT2D eigenvalue weighted by molar-refractivity contribution is 8.00. The summed E-state index contributed by atoms with van der Waals surface area (Å²) in [6, 6.07) is 0. The van der Waals surface area contributed by atoms with Crippen LogP contribution in [-0.4, -0.2) is 59.2 Å². The van der Waals surface area contributed by atoms with Crippen LogP contribution in [0.3, 0.4) is 0 Å². The summed E-state index contributed by atoms with van der Waals surface area (Å²) >= 11 is 1.98. The summed E-state index contributed by atoms with van der Waals surface area (Å²) in [7, 11) is 0. The second-order valence-corrected chi connectivity index (χ2v) is 6.51. The Morgan fingerprint density at radius 3 is 2.94 bits per heavy atom. The van der Waals surface area contributed by atoms with Crippen LogP contribution in [0.25, 0.3) is 0 Å². The van der Waals surface area contributed by atoms with Gasteiger partial charge in [0, 0.05) is 30.1 Å². The zero-order chi connectivity index (χ0) is 12.0. The highest BCUT2D eigenvalue weighted by Crippen LogP contribution is 2.30. The SMILES string of the molecule is CC1(C)CCN(CC(=O)NCCO)CCS1. The van der Waals surface area contributed by atoms with Crippen LogP contribution in [0.4, 0.5) is 0 Å². The summed E-state index contributed by atoms with van der Waals surface area (Å²) in [5.74, 6) is 1.10. The highest BCUT2D eigenvalue weighted by atomic mass is 32.2. The van der Waals surface area contributed by atoms with Crippen molar-refractivity contribution in [3.63, 3.8) is 0 Å². The fourth-order valence-corrected chi connectivity index (χ4v) is 2.81. The van der Waals surface area contributed by atoms with Crippen molar-refractivity contribution >= 4 is 17.7 Å². The summed E-state index contributed by atoms with van der Waals surface area (Å²) in [4.78, 5) is 13.7. The molecule has 1 aliphatic rings. The van der Waals surface area contributed by atoms with E-state index in [1.54, 1.807) is 0 Å². The van der Waals surface area contributed by atoms with Crippen molar-refractivity contribution in [3.8, 4) is 0 Å². The fourth-order valence-electron chi connectivity index (χ4n) is 1.67. The van der Waals surface area contributed by atoms with Crippen LogP contribution in [0.5, 0.6) is 0 Å². The summed E-state index contributed by atoms with van der Waals surface area (Å²) < 4.78 is 0.330. The van der Waals surface area contributed by atoms with Gasteiger partial charge in [-0.15, -0.1) is 0 Å². The molecule has 5 heteroatoms. The van der Waals surface area contributed by atoms with Gasteiger partial charge >= 0.3 is 0 Å². The van der Waals surface area contributed by atoms with Gasteiger partial charge in [0.1, 0.15) is 0 Å². The number of carbonyl (C=O) groups excluding carboxylic acids is 1. The van der Waals surface area contributed by atoms with Gasteiger partial charge in [0.05, 0.1) is 13.2 Å². The second-order valence-electron chi connectivity index (χ2n) is 4.71. The van der Waals surface area contributed by atoms with E-state index in [1.807, 2.05) is 11.8 Å². The summed E-state index contributed by atoms with van der Waals surface area (Å²) in [5.41, 5.74) is 0. The number of hydrogen-bond acceptors (Lipinski definition) is 4. The molecule has 1 rings (SSSR count). The molecule has 0 saturated carbocycles. The van der Waals surface area contributed by atoms with Gasteiger partial charge in [0.15, 0.2) is 0 Å². The summed E-state index contributed by atoms with van der Waals surface area (Å²) in [5, 5.41) is 11.3. The lowest BCUT2D eigenvalue weighted by Gasteiger charge is -2.22. The molecule has 0 bridgehead atoms. The van der Waals surface area contributed by atoms with Gasteiger partial charge in [0.25, 0.3) is 0 Å². The van der Waals surface area contributed by atoms with Crippen LogP contribution in [-0.2, 0) is 4.79 Å². The molecule has 4 nitrogen and oxygen atoms in total. The van der Waals surface area contributed by atoms with Gasteiger partial charge in [-0.1, -0.05) is 13.8 Å². The van der Waals surface area contributed by atoms with Crippen molar-refractivity contribution < 1.29 is 9.90 Å². The molecule has 0 aromatic rings. The first-order chi connectivity index (χ1) is 7.53. The Morgan fingerprint density at radius 2 is 2.25 bits per heavy atom. The Labute approximate surface area is 102 Å². The Bertz CT molecular complexity index is 234. The van der Waals surface area contributed by atoms with Gasteiger partial charge in [0.2, 0.25) is 5.91 Å². The Kier molecular flexibility index (Phi) is 5.58. The van der Waals surface area contributed by atoms with Crippen LogP contribution in [0.15, 0.2) is 0 Å². The Balaban J connectivity index is 2.29. The molecule has 16 heavy (non-hydrogen) atoms. The number of hydrogen-bond donors (Lipinski definition) is 2. The van der Waals surface area contributed by atoms with Crippen molar-refractivity contribution in [3.05, 3.63) is 0 Å². The molecule has 0 unspecified atom stereocenters. The molecular weight excluding hydrogens is 224 g/mol. The maximum atomic E-state index is 11.5. The predicted octanol–water partition coefficient (Wildman–Crippen LogP) is 0.312. The summed E-state index contributed by atoms with van der Waals surface area (Å²) in [6.07, 6.45) is 1.12. The lowest BCUT2D eigenvalue weighted by molar-refractivity contribution is -0.122. The Morgan fingerprint density at radius 1 is 1.50 bits per heavy atom. The molecule has 2 N–H and O–H groups in total. The summed E-state index contributed by atoms with van der Waals surface area (Å²) in [6.45, 7) is 7.28. The molecule has 1 aliphatic heterocycles. The molecule has 0 aliphatic carbocycles. The first kappa shape index (κ1) is 13.8. The molecule has 0 radical (unpaired) electrons. The number of thioether (sulfide) groups is 1. The van der Waals surface area contributed by atoms with E-state index in [0.717, 1.165) is 25.3 Å². The number of rotatable bonds is 4. The van der Waals surface area contributed by atoms with Gasteiger partial charge in [-0.2, -0.15) is 11.8 Å². The van der Waals surface area contributed by atoms with Gasteiger partial charge in [-0.3, -0.25) is 9.69 Å². The van der Waals surface area contributed by atoms with Crippen molar-refractivity contribution in [2.24, 2.45) is 0 Å². The third kappa shape index (κ3) is 5.18. The molecule has 94 valence electrons. The van der Waals surface area contributed by atoms with E-state index in [1.165, 1.54) is 0 Å². The molecule has 1 amide bonds. The monoisotopic (exact) mass is 246 g/mol. The van der Waals surface area contributed by atoms with E-state index < -0.39 is 0 Å². The molecule has 1 fully saturated rings. The smallest absolute Gasteiger partial charge is 0.234 e. The quantitative estimate of drug-likeness (QED) is 0.750. The first-order valence-electron chi connectivity index (χ1n) is 5.77. The van der Waals surface area contributed by atoms with E-state index in [9.17, 15) is 4.79 Å². The predicted molar refractivity (Wildman–Crippen MR) is 67.7 cm³/mol. The minimum Gasteiger partial charge on any atom is -0.395 e. The number of nitrogens with zero attached hydrogens (tertiary/aromatic N) is 1. The van der Waals surface area contributed by atoms with E-state index in [-0.39, 0.29) is 12.5 Å². The second kappa shape index (κ2) is 6.47. The number of carbonyl (C=O) groups is 1. The van der Waals surface area contributed by atoms with Crippen molar-refractivity contribution in [2.75, 3.05) is 38.5 Å². The van der Waals surface area contributed by atoms with E-state index in [4.69, 9.17) is 5.11 Å². The maximum Gasteiger partial charge on any atom is 0.234 e. The standard InChI is InChI=1S/C11H22N2O2S/c1-11(2)3-5-13(6-8-16-11)9-10(15)12-4-7-14/h14H,3-9H2,1-2H3,(H,12,15). The first-order valence-corrected chi connectivity index (χ1v) is 6.76. The lowest BCUT2D eigenvalue weighted by Crippen LogP contribution is -2.39. The number of aliphatic hydroxyl groups excluding tert-OH is 1. The topological polar surface area (TPSA) is 52.6 Å². The van der Waals surface area contributed by atoms with Crippen LogP contribution in [0.1, 0.15) is 20.3 Å². The molecule has 0 atom stereocenters. The lowest BCUT2D eigenvalue weighted by atomic mass is 10.1. The maximum absolute atomic E-state index is 11.5. The average molecular weight is 246 g/mol. The van der Waals surface area contributed by atoms with Crippen molar-refractivity contribution in [1.29, 1.82) is 0 Å². The van der Waals surface area contributed by atoms with Gasteiger partial charge in [-0.25, -0.2) is 0 Å². The van der Waals surface area contributed by atoms with Gasteiger partial charge < -0.3 is 10.4 Å². The Hall–Kier alpha value is -0.260. The minimum absolute atomic E-state index is 0.00855. The molecule has 0 aromatic heterocycles. The van der Waals surface area contributed by atoms with Crippen LogP contribution < -0.4 is 5.32 Å². The van der Waals surface area contributed by atoms with Crippen molar-refractivity contribution in [2.45, 2.75) is 25.0 Å². The number of aliphatic hydroxyl groups is 1. The zero-order valence-corrected chi connectivity index (χ0v) is 11.0. The molecule has 0 spiro atoms. The van der Waals surface area contributed by atoms with Crippen LogP contribution in [0, 0.1) is 0 Å². The minimum atomic E-state index is 0.00855. The molecule has 0 aromatic carbocycles. The van der Waals surface area contributed by atoms with E-state index in [2.05, 4.69) is 24.1 Å². The molecular formula is C11H22N2O2S. The molecule has 1 saturated heterocycles. The normalized spacial score (nSPS) is 21.4. The average Bonchev–Trinajstić information content (AvgIpc) is 2.37. The van der Waals surface area contributed by atoms with Gasteiger partial charge in [-0.05, 0) is 6.42 Å². The van der Waals surface area contributed by atoms with Crippen molar-refractivity contribution in [1.82, 2.24) is 10.2 Å². The zero-order valence-electron chi connectivity index (χ0n) is 10.2. The highest BCUT2D eigenvalue weighted by Gasteiger charge is 2.24. The third-order valence-corrected chi connectivity index (χ3v) is 4.10. The van der Waals surface area contributed by atoms with Crippen LogP contribution in [0.2, 0.25) is 0 Å². The number of amides is 1. The van der Waals surface area contributed by atoms with Crippen LogP contribution >= 0.6 is 11.8 Å². The largest absolute Gasteiger partial charge is 0.395 e. The van der Waals surface area contributed by atoms with E-state index >= 15 is 0 Å². The number of nitrogens with one attached hydrogen (secondary N) is 1. The van der Waals surface area contributed by atoms with E-state index in [0.29, 0.717) is 17.8 Å². The molecule has 1 heterocycles. The third-order valence-electron chi connectivity index (χ3n) is 2.73. The fraction of sp³-hybridized carbons (Fsp3) is 0.909.